The molecule has 0 aliphatic heterocycles. The summed E-state index contributed by atoms with van der Waals surface area (Å²) in [5.41, 5.74) is -2.61. The zero-order valence-electron chi connectivity index (χ0n) is 22.5. The van der Waals surface area contributed by atoms with Gasteiger partial charge in [-0.2, -0.15) is 0 Å². The number of aliphatic hydroxyl groups excluding tert-OH is 2. The SMILES string of the molecule is C[C@@H]1CC[C@]2(C(=O)O)CCC34CC3(C=C[C@@H]3[C@@]5(C)C[C@@H](O)[C@H](O)C(C)(C)[C@@H]5CC[C@]34C)[C@@H]2[C@]1(C)O. The summed E-state index contributed by atoms with van der Waals surface area (Å²) in [5.74, 6) is -0.319. The lowest BCUT2D eigenvalue weighted by Crippen LogP contribution is -2.67. The Hall–Kier alpha value is -0.910. The Balaban J connectivity index is 1.50. The number of aliphatic hydroxyl groups is 3. The van der Waals surface area contributed by atoms with Crippen LogP contribution >= 0.6 is 0 Å². The van der Waals surface area contributed by atoms with Crippen LogP contribution in [0, 0.1) is 56.2 Å². The number of fused-ring (bicyclic) bond motifs is 4. The van der Waals surface area contributed by atoms with Gasteiger partial charge in [-0.05, 0) is 97.7 Å². The average Bonchev–Trinajstić information content (AvgIpc) is 3.45. The number of carboxylic acid groups (broad SMARTS) is 1. The van der Waals surface area contributed by atoms with Crippen molar-refractivity contribution < 1.29 is 25.2 Å². The van der Waals surface area contributed by atoms with Crippen molar-refractivity contribution in [3.63, 3.8) is 0 Å². The Morgan fingerprint density at radius 2 is 1.66 bits per heavy atom. The minimum atomic E-state index is -1.01. The number of allylic oxidation sites excluding steroid dienone is 2. The first-order chi connectivity index (χ1) is 16.1. The van der Waals surface area contributed by atoms with Crippen LogP contribution in [0.3, 0.4) is 0 Å². The fourth-order valence-electron chi connectivity index (χ4n) is 12.2. The van der Waals surface area contributed by atoms with Gasteiger partial charge >= 0.3 is 5.97 Å². The highest BCUT2D eigenvalue weighted by atomic mass is 16.4. The Labute approximate surface area is 210 Å². The van der Waals surface area contributed by atoms with Gasteiger partial charge in [0.1, 0.15) is 0 Å². The van der Waals surface area contributed by atoms with Gasteiger partial charge in [0.2, 0.25) is 0 Å². The molecule has 5 saturated carbocycles. The smallest absolute Gasteiger partial charge is 0.310 e. The third-order valence-electron chi connectivity index (χ3n) is 14.0. The van der Waals surface area contributed by atoms with Crippen LogP contribution in [-0.2, 0) is 4.79 Å². The van der Waals surface area contributed by atoms with E-state index >= 15 is 0 Å². The summed E-state index contributed by atoms with van der Waals surface area (Å²) < 4.78 is 0. The Morgan fingerprint density at radius 1 is 0.971 bits per heavy atom. The Bertz CT molecular complexity index is 1000. The summed E-state index contributed by atoms with van der Waals surface area (Å²) in [6.45, 7) is 13.1. The van der Waals surface area contributed by atoms with Crippen molar-refractivity contribution in [1.29, 1.82) is 0 Å². The van der Waals surface area contributed by atoms with E-state index in [1.54, 1.807) is 0 Å². The zero-order valence-corrected chi connectivity index (χ0v) is 22.5. The van der Waals surface area contributed by atoms with E-state index in [1.807, 2.05) is 6.92 Å². The highest BCUT2D eigenvalue weighted by molar-refractivity contribution is 5.77. The molecule has 0 radical (unpaired) electrons. The van der Waals surface area contributed by atoms with E-state index in [1.165, 1.54) is 0 Å². The third-order valence-corrected chi connectivity index (χ3v) is 14.0. The molecule has 0 saturated heterocycles. The number of hydrogen-bond acceptors (Lipinski definition) is 4. The lowest BCUT2D eigenvalue weighted by atomic mass is 9.36. The molecule has 5 fully saturated rings. The highest BCUT2D eigenvalue weighted by Gasteiger charge is 2.86. The van der Waals surface area contributed by atoms with Crippen molar-refractivity contribution in [2.45, 2.75) is 111 Å². The van der Waals surface area contributed by atoms with Crippen LogP contribution in [0.4, 0.5) is 0 Å². The first kappa shape index (κ1) is 24.4. The molecule has 0 aromatic carbocycles. The van der Waals surface area contributed by atoms with Crippen LogP contribution in [0.2, 0.25) is 0 Å². The van der Waals surface area contributed by atoms with E-state index in [-0.39, 0.29) is 44.8 Å². The van der Waals surface area contributed by atoms with Gasteiger partial charge in [-0.1, -0.05) is 46.8 Å². The topological polar surface area (TPSA) is 98.0 Å². The average molecular weight is 487 g/mol. The molecule has 4 N–H and O–H groups in total. The number of aliphatic carboxylic acids is 1. The highest BCUT2D eigenvalue weighted by Crippen LogP contribution is 2.90. The molecule has 196 valence electrons. The zero-order chi connectivity index (χ0) is 25.6. The molecule has 35 heavy (non-hydrogen) atoms. The molecule has 0 heterocycles. The maximum Gasteiger partial charge on any atom is 0.310 e. The molecule has 0 aromatic heterocycles. The predicted octanol–water partition coefficient (Wildman–Crippen LogP) is 4.79. The van der Waals surface area contributed by atoms with Crippen LogP contribution in [0.5, 0.6) is 0 Å². The number of carbonyl (C=O) groups is 1. The molecule has 0 aromatic rings. The lowest BCUT2D eigenvalue weighted by molar-refractivity contribution is -0.235. The van der Waals surface area contributed by atoms with Crippen LogP contribution < -0.4 is 0 Å². The van der Waals surface area contributed by atoms with Crippen molar-refractivity contribution in [3.05, 3.63) is 12.2 Å². The third kappa shape index (κ3) is 2.41. The van der Waals surface area contributed by atoms with Crippen molar-refractivity contribution in [3.8, 4) is 0 Å². The van der Waals surface area contributed by atoms with Gasteiger partial charge in [-0.3, -0.25) is 4.79 Å². The maximum absolute atomic E-state index is 12.9. The Morgan fingerprint density at radius 3 is 2.31 bits per heavy atom. The quantitative estimate of drug-likeness (QED) is 0.400. The van der Waals surface area contributed by atoms with Gasteiger partial charge in [-0.15, -0.1) is 0 Å². The van der Waals surface area contributed by atoms with Gasteiger partial charge in [0, 0.05) is 11.3 Å². The minimum Gasteiger partial charge on any atom is -0.481 e. The maximum atomic E-state index is 12.9. The summed E-state index contributed by atoms with van der Waals surface area (Å²) in [6.07, 6.45) is 9.97. The summed E-state index contributed by atoms with van der Waals surface area (Å²) in [7, 11) is 0. The first-order valence-electron chi connectivity index (χ1n) is 14.1. The Kier molecular flexibility index (Phi) is 4.58. The molecular formula is C30H46O5. The molecule has 6 rings (SSSR count). The molecule has 0 bridgehead atoms. The van der Waals surface area contributed by atoms with Crippen LogP contribution in [0.25, 0.3) is 0 Å². The second-order valence-electron chi connectivity index (χ2n) is 15.2. The van der Waals surface area contributed by atoms with Gasteiger partial charge in [-0.25, -0.2) is 0 Å². The summed E-state index contributed by atoms with van der Waals surface area (Å²) in [5, 5.41) is 44.4. The molecule has 2 unspecified atom stereocenters. The number of carboxylic acids is 1. The monoisotopic (exact) mass is 486 g/mol. The standard InChI is InChI=1S/C30H46O5/c1-17-7-11-28(23(33)34)13-14-30-16-29(30,22(28)27(17,6)35)12-9-20-25(4)15-18(31)21(32)24(2,3)19(25)8-10-26(20,30)5/h9,12,17-22,31-32,35H,7-8,10-11,13-16H2,1-6H3,(H,33,34)/t17-,18-,19+,20-,21+,22-,25+,26-,27-,28+,29?,30?/m1/s1. The second-order valence-corrected chi connectivity index (χ2v) is 15.2. The largest absolute Gasteiger partial charge is 0.481 e. The van der Waals surface area contributed by atoms with Gasteiger partial charge in [0.05, 0.1) is 23.2 Å². The van der Waals surface area contributed by atoms with E-state index < -0.39 is 29.2 Å². The van der Waals surface area contributed by atoms with E-state index in [0.717, 1.165) is 32.1 Å². The van der Waals surface area contributed by atoms with Crippen LogP contribution in [0.1, 0.15) is 92.9 Å². The van der Waals surface area contributed by atoms with Gasteiger partial charge in [0.15, 0.2) is 0 Å². The fraction of sp³-hybridized carbons (Fsp3) is 0.900. The molecule has 5 heteroatoms. The normalized spacial score (nSPS) is 62.0. The van der Waals surface area contributed by atoms with Gasteiger partial charge < -0.3 is 20.4 Å². The van der Waals surface area contributed by atoms with Crippen molar-refractivity contribution >= 4 is 5.97 Å². The molecule has 0 spiro atoms. The molecule has 6 aliphatic rings. The molecule has 6 aliphatic carbocycles. The molecule has 0 amide bonds. The van der Waals surface area contributed by atoms with E-state index in [2.05, 4.69) is 46.8 Å². The van der Waals surface area contributed by atoms with E-state index in [9.17, 15) is 25.2 Å². The number of hydrogen-bond donors (Lipinski definition) is 4. The number of rotatable bonds is 1. The van der Waals surface area contributed by atoms with Gasteiger partial charge in [0.25, 0.3) is 0 Å². The van der Waals surface area contributed by atoms with E-state index in [0.29, 0.717) is 25.2 Å². The summed E-state index contributed by atoms with van der Waals surface area (Å²) in [6, 6.07) is 0. The first-order valence-corrected chi connectivity index (χ1v) is 14.1. The van der Waals surface area contributed by atoms with Crippen molar-refractivity contribution in [2.24, 2.45) is 56.2 Å². The summed E-state index contributed by atoms with van der Waals surface area (Å²) in [4.78, 5) is 12.9. The van der Waals surface area contributed by atoms with Crippen molar-refractivity contribution in [1.82, 2.24) is 0 Å². The lowest BCUT2D eigenvalue weighted by Gasteiger charge is -2.69. The molecular weight excluding hydrogens is 440 g/mol. The van der Waals surface area contributed by atoms with E-state index in [4.69, 9.17) is 0 Å². The van der Waals surface area contributed by atoms with Crippen LogP contribution in [0.15, 0.2) is 12.2 Å². The fourth-order valence-corrected chi connectivity index (χ4v) is 12.2. The molecule has 12 atom stereocenters. The summed E-state index contributed by atoms with van der Waals surface area (Å²) >= 11 is 0. The molecule has 5 nitrogen and oxygen atoms in total. The minimum absolute atomic E-state index is 0.00320. The predicted molar refractivity (Wildman–Crippen MR) is 133 cm³/mol. The van der Waals surface area contributed by atoms with Crippen LogP contribution in [-0.4, -0.2) is 44.2 Å². The van der Waals surface area contributed by atoms with Crippen molar-refractivity contribution in [2.75, 3.05) is 0 Å². The second kappa shape index (κ2) is 6.56.